The number of aromatic nitrogens is 1. The molecule has 24 heavy (non-hydrogen) atoms. The number of pyridine rings is 1. The highest BCUT2D eigenvalue weighted by Gasteiger charge is 2.35. The summed E-state index contributed by atoms with van der Waals surface area (Å²) < 4.78 is 0. The fraction of sp³-hybridized carbons (Fsp3) is 0.667. The Hall–Kier alpha value is -0.840. The van der Waals surface area contributed by atoms with Gasteiger partial charge in [-0.1, -0.05) is 18.9 Å². The summed E-state index contributed by atoms with van der Waals surface area (Å²) in [6.07, 6.45) is 9.74. The highest BCUT2D eigenvalue weighted by Crippen LogP contribution is 2.29. The number of hydrogen-bond acceptors (Lipinski definition) is 3. The van der Waals surface area contributed by atoms with Gasteiger partial charge < -0.3 is 4.90 Å². The van der Waals surface area contributed by atoms with Crippen molar-refractivity contribution in [3.8, 4) is 0 Å². The lowest BCUT2D eigenvalue weighted by Crippen LogP contribution is -2.53. The van der Waals surface area contributed by atoms with Crippen molar-refractivity contribution < 1.29 is 4.79 Å². The largest absolute Gasteiger partial charge is 0.341 e. The van der Waals surface area contributed by atoms with Crippen LogP contribution in [0.5, 0.6) is 0 Å². The van der Waals surface area contributed by atoms with Crippen molar-refractivity contribution in [3.63, 3.8) is 0 Å². The van der Waals surface area contributed by atoms with Crippen molar-refractivity contribution in [1.29, 1.82) is 0 Å². The van der Waals surface area contributed by atoms with E-state index in [4.69, 9.17) is 0 Å². The fourth-order valence-corrected chi connectivity index (χ4v) is 4.01. The molecule has 0 aromatic carbocycles. The number of amides is 1. The van der Waals surface area contributed by atoms with E-state index in [-0.39, 0.29) is 30.7 Å². The van der Waals surface area contributed by atoms with Crippen molar-refractivity contribution in [2.75, 3.05) is 20.1 Å². The van der Waals surface area contributed by atoms with Gasteiger partial charge in [-0.15, -0.1) is 24.8 Å². The molecule has 0 N–H and O–H groups in total. The number of likely N-dealkylation sites (N-methyl/N-ethyl adjacent to an activating group) is 1. The van der Waals surface area contributed by atoms with E-state index in [1.54, 1.807) is 6.20 Å². The summed E-state index contributed by atoms with van der Waals surface area (Å²) >= 11 is 0. The second-order valence-electron chi connectivity index (χ2n) is 6.66. The van der Waals surface area contributed by atoms with Crippen LogP contribution in [0.25, 0.3) is 0 Å². The van der Waals surface area contributed by atoms with Crippen LogP contribution in [-0.2, 0) is 11.2 Å². The Balaban J connectivity index is 0.00000144. The fourth-order valence-electron chi connectivity index (χ4n) is 4.01. The van der Waals surface area contributed by atoms with Crippen LogP contribution < -0.4 is 0 Å². The predicted octanol–water partition coefficient (Wildman–Crippen LogP) is 3.33. The van der Waals surface area contributed by atoms with E-state index in [0.717, 1.165) is 12.1 Å². The molecule has 1 saturated carbocycles. The van der Waals surface area contributed by atoms with Gasteiger partial charge in [0.1, 0.15) is 0 Å². The zero-order valence-corrected chi connectivity index (χ0v) is 16.0. The molecule has 0 spiro atoms. The van der Waals surface area contributed by atoms with Gasteiger partial charge in [-0.3, -0.25) is 14.7 Å². The molecule has 3 rings (SSSR count). The molecule has 1 saturated heterocycles. The summed E-state index contributed by atoms with van der Waals surface area (Å²) in [6, 6.07) is 6.72. The topological polar surface area (TPSA) is 36.4 Å². The lowest BCUT2D eigenvalue weighted by molar-refractivity contribution is -0.133. The molecule has 1 aliphatic carbocycles. The van der Waals surface area contributed by atoms with Crippen LogP contribution in [0.3, 0.4) is 0 Å². The standard InChI is InChI=1S/C18H27N3O.2ClH/c1-20(18(22)14-15-8-4-5-11-19-15)16-9-2-3-10-17(16)21-12-6-7-13-21;;/h4-5,8,11,16-17H,2-3,6-7,9-10,12-14H2,1H3;2*1H. The van der Waals surface area contributed by atoms with Crippen LogP contribution in [0.1, 0.15) is 44.2 Å². The van der Waals surface area contributed by atoms with Crippen molar-refractivity contribution in [3.05, 3.63) is 30.1 Å². The van der Waals surface area contributed by atoms with Crippen molar-refractivity contribution in [2.24, 2.45) is 0 Å². The van der Waals surface area contributed by atoms with E-state index in [9.17, 15) is 4.79 Å². The molecule has 136 valence electrons. The molecule has 2 fully saturated rings. The summed E-state index contributed by atoms with van der Waals surface area (Å²) in [5, 5.41) is 0. The molecule has 1 aromatic rings. The maximum absolute atomic E-state index is 12.6. The first kappa shape index (κ1) is 21.2. The van der Waals surface area contributed by atoms with Gasteiger partial charge >= 0.3 is 0 Å². The zero-order valence-electron chi connectivity index (χ0n) is 14.4. The van der Waals surface area contributed by atoms with E-state index in [1.807, 2.05) is 30.1 Å². The van der Waals surface area contributed by atoms with Crippen LogP contribution in [-0.4, -0.2) is 52.9 Å². The summed E-state index contributed by atoms with van der Waals surface area (Å²) in [4.78, 5) is 21.6. The van der Waals surface area contributed by atoms with E-state index in [1.165, 1.54) is 45.2 Å². The Morgan fingerprint density at radius 3 is 2.54 bits per heavy atom. The van der Waals surface area contributed by atoms with Crippen LogP contribution in [0.4, 0.5) is 0 Å². The second-order valence-corrected chi connectivity index (χ2v) is 6.66. The van der Waals surface area contributed by atoms with E-state index in [2.05, 4.69) is 9.88 Å². The van der Waals surface area contributed by atoms with Gasteiger partial charge in [0.2, 0.25) is 5.91 Å². The Morgan fingerprint density at radius 1 is 1.17 bits per heavy atom. The molecule has 1 aliphatic heterocycles. The molecule has 2 unspecified atom stereocenters. The van der Waals surface area contributed by atoms with Crippen LogP contribution in [0.15, 0.2) is 24.4 Å². The monoisotopic (exact) mass is 373 g/mol. The average molecular weight is 374 g/mol. The first-order chi connectivity index (χ1) is 10.8. The number of likely N-dealkylation sites (tertiary alicyclic amines) is 1. The molecule has 2 atom stereocenters. The molecule has 1 amide bonds. The zero-order chi connectivity index (χ0) is 15.4. The molecule has 0 radical (unpaired) electrons. The Bertz CT molecular complexity index is 494. The smallest absolute Gasteiger partial charge is 0.228 e. The minimum atomic E-state index is 0. The van der Waals surface area contributed by atoms with Crippen molar-refractivity contribution >= 4 is 30.7 Å². The van der Waals surface area contributed by atoms with Gasteiger partial charge in [0, 0.05) is 31.0 Å². The lowest BCUT2D eigenvalue weighted by atomic mass is 9.88. The summed E-state index contributed by atoms with van der Waals surface area (Å²) in [7, 11) is 1.99. The van der Waals surface area contributed by atoms with Gasteiger partial charge in [0.25, 0.3) is 0 Å². The summed E-state index contributed by atoms with van der Waals surface area (Å²) in [5.41, 5.74) is 0.868. The third kappa shape index (κ3) is 5.08. The van der Waals surface area contributed by atoms with E-state index < -0.39 is 0 Å². The maximum atomic E-state index is 12.6. The third-order valence-corrected chi connectivity index (χ3v) is 5.25. The number of carbonyl (C=O) groups is 1. The number of nitrogens with zero attached hydrogens (tertiary/aromatic N) is 3. The molecule has 6 heteroatoms. The molecular weight excluding hydrogens is 345 g/mol. The number of rotatable bonds is 4. The Labute approximate surface area is 157 Å². The Kier molecular flexibility index (Phi) is 9.03. The minimum absolute atomic E-state index is 0. The highest BCUT2D eigenvalue weighted by atomic mass is 35.5. The summed E-state index contributed by atoms with van der Waals surface area (Å²) in [6.45, 7) is 2.42. The normalized spacial score (nSPS) is 23.9. The molecule has 4 nitrogen and oxygen atoms in total. The van der Waals surface area contributed by atoms with Crippen LogP contribution in [0, 0.1) is 0 Å². The van der Waals surface area contributed by atoms with Crippen LogP contribution in [0.2, 0.25) is 0 Å². The second kappa shape index (κ2) is 10.2. The lowest BCUT2D eigenvalue weighted by Gasteiger charge is -2.42. The molecular formula is C18H29Cl2N3O. The van der Waals surface area contributed by atoms with Crippen LogP contribution >= 0.6 is 24.8 Å². The maximum Gasteiger partial charge on any atom is 0.228 e. The molecule has 0 bridgehead atoms. The highest BCUT2D eigenvalue weighted by molar-refractivity contribution is 5.85. The molecule has 2 aliphatic rings. The number of hydrogen-bond donors (Lipinski definition) is 0. The quantitative estimate of drug-likeness (QED) is 0.811. The Morgan fingerprint density at radius 2 is 1.88 bits per heavy atom. The van der Waals surface area contributed by atoms with Gasteiger partial charge in [-0.05, 0) is 50.9 Å². The summed E-state index contributed by atoms with van der Waals surface area (Å²) in [5.74, 6) is 0.204. The first-order valence-electron chi connectivity index (χ1n) is 8.65. The van der Waals surface area contributed by atoms with Crippen molar-refractivity contribution in [1.82, 2.24) is 14.8 Å². The third-order valence-electron chi connectivity index (χ3n) is 5.25. The van der Waals surface area contributed by atoms with E-state index >= 15 is 0 Å². The van der Waals surface area contributed by atoms with Gasteiger partial charge in [-0.25, -0.2) is 0 Å². The molecule has 1 aromatic heterocycles. The average Bonchev–Trinajstić information content (AvgIpc) is 3.09. The number of halogens is 2. The molecule has 2 heterocycles. The minimum Gasteiger partial charge on any atom is -0.341 e. The number of carbonyl (C=O) groups excluding carboxylic acids is 1. The predicted molar refractivity (Wildman–Crippen MR) is 102 cm³/mol. The van der Waals surface area contributed by atoms with E-state index in [0.29, 0.717) is 18.5 Å². The van der Waals surface area contributed by atoms with Gasteiger partial charge in [0.05, 0.1) is 6.42 Å². The van der Waals surface area contributed by atoms with Gasteiger partial charge in [-0.2, -0.15) is 0 Å². The first-order valence-corrected chi connectivity index (χ1v) is 8.65. The SMILES string of the molecule is CN(C(=O)Cc1ccccn1)C1CCCCC1N1CCCC1.Cl.Cl. The van der Waals surface area contributed by atoms with Crippen molar-refractivity contribution in [2.45, 2.75) is 57.0 Å². The van der Waals surface area contributed by atoms with Gasteiger partial charge in [0.15, 0.2) is 0 Å².